The number of rotatable bonds is 2. The van der Waals surface area contributed by atoms with Gasteiger partial charge in [0.15, 0.2) is 0 Å². The first-order chi connectivity index (χ1) is 6.05. The van der Waals surface area contributed by atoms with E-state index in [0.717, 1.165) is 12.8 Å². The average Bonchev–Trinajstić information content (AvgIpc) is 2.04. The Morgan fingerprint density at radius 3 is 2.31 bits per heavy atom. The van der Waals surface area contributed by atoms with Crippen LogP contribution < -0.4 is 0 Å². The molecule has 0 aromatic heterocycles. The summed E-state index contributed by atoms with van der Waals surface area (Å²) in [6.45, 7) is 10.7. The minimum Gasteiger partial charge on any atom is -0.0620 e. The molecule has 0 aliphatic rings. The summed E-state index contributed by atoms with van der Waals surface area (Å²) < 4.78 is 0. The van der Waals surface area contributed by atoms with Crippen LogP contribution in [-0.2, 0) is 11.8 Å². The van der Waals surface area contributed by atoms with Crippen LogP contribution in [0.4, 0.5) is 0 Å². The Morgan fingerprint density at radius 1 is 1.15 bits per heavy atom. The largest absolute Gasteiger partial charge is 0.0620 e. The van der Waals surface area contributed by atoms with Crippen LogP contribution in [0.5, 0.6) is 0 Å². The Bertz CT molecular complexity index is 266. The van der Waals surface area contributed by atoms with Gasteiger partial charge in [-0.3, -0.25) is 0 Å². The van der Waals surface area contributed by atoms with Gasteiger partial charge in [-0.1, -0.05) is 52.0 Å². The van der Waals surface area contributed by atoms with Crippen molar-refractivity contribution in [2.45, 2.75) is 39.0 Å². The van der Waals surface area contributed by atoms with E-state index in [0.29, 0.717) is 0 Å². The SMILES string of the molecule is [CH2]CCc1ccccc1C(C)(C)C. The standard InChI is InChI=1S/C13H19/c1-5-8-11-9-6-7-10-12(11)13(2,3)4/h6-7,9-10H,1,5,8H2,2-4H3. The van der Waals surface area contributed by atoms with Crippen LogP contribution in [-0.4, -0.2) is 0 Å². The van der Waals surface area contributed by atoms with E-state index in [4.69, 9.17) is 0 Å². The molecule has 0 atom stereocenters. The lowest BCUT2D eigenvalue weighted by Crippen LogP contribution is -2.13. The normalized spacial score (nSPS) is 11.7. The second-order valence-electron chi connectivity index (χ2n) is 4.51. The molecule has 0 amide bonds. The van der Waals surface area contributed by atoms with Gasteiger partial charge in [-0.25, -0.2) is 0 Å². The molecule has 1 aromatic carbocycles. The van der Waals surface area contributed by atoms with Crippen LogP contribution in [0, 0.1) is 6.92 Å². The van der Waals surface area contributed by atoms with Gasteiger partial charge in [0.1, 0.15) is 0 Å². The fourth-order valence-electron chi connectivity index (χ4n) is 1.66. The number of benzene rings is 1. The van der Waals surface area contributed by atoms with E-state index in [2.05, 4.69) is 52.0 Å². The van der Waals surface area contributed by atoms with Crippen molar-refractivity contribution in [1.29, 1.82) is 0 Å². The van der Waals surface area contributed by atoms with E-state index in [9.17, 15) is 0 Å². The van der Waals surface area contributed by atoms with E-state index >= 15 is 0 Å². The molecular formula is C13H19. The van der Waals surface area contributed by atoms with E-state index in [-0.39, 0.29) is 5.41 Å². The van der Waals surface area contributed by atoms with Crippen molar-refractivity contribution >= 4 is 0 Å². The zero-order valence-corrected chi connectivity index (χ0v) is 8.93. The van der Waals surface area contributed by atoms with Crippen molar-refractivity contribution in [3.05, 3.63) is 42.3 Å². The molecule has 0 unspecified atom stereocenters. The molecule has 0 saturated heterocycles. The zero-order chi connectivity index (χ0) is 9.90. The third-order valence-corrected chi connectivity index (χ3v) is 2.27. The average molecular weight is 175 g/mol. The molecule has 0 saturated carbocycles. The second kappa shape index (κ2) is 3.95. The molecule has 0 aliphatic heterocycles. The molecule has 0 aliphatic carbocycles. The Balaban J connectivity index is 3.05. The van der Waals surface area contributed by atoms with Crippen LogP contribution in [0.15, 0.2) is 24.3 Å². The van der Waals surface area contributed by atoms with Crippen LogP contribution in [0.1, 0.15) is 38.3 Å². The van der Waals surface area contributed by atoms with E-state index in [1.54, 1.807) is 0 Å². The van der Waals surface area contributed by atoms with Gasteiger partial charge in [-0.2, -0.15) is 0 Å². The van der Waals surface area contributed by atoms with Crippen molar-refractivity contribution in [2.75, 3.05) is 0 Å². The summed E-state index contributed by atoms with van der Waals surface area (Å²) in [5.41, 5.74) is 3.16. The predicted octanol–water partition coefficient (Wildman–Crippen LogP) is 3.75. The molecule has 0 bridgehead atoms. The maximum atomic E-state index is 3.90. The van der Waals surface area contributed by atoms with Crippen molar-refractivity contribution in [1.82, 2.24) is 0 Å². The number of aryl methyl sites for hydroxylation is 1. The first-order valence-corrected chi connectivity index (χ1v) is 4.93. The summed E-state index contributed by atoms with van der Waals surface area (Å²) >= 11 is 0. The van der Waals surface area contributed by atoms with Gasteiger partial charge in [-0.05, 0) is 29.4 Å². The molecule has 1 rings (SSSR count). The highest BCUT2D eigenvalue weighted by atomic mass is 14.2. The lowest BCUT2D eigenvalue weighted by molar-refractivity contribution is 0.582. The first kappa shape index (κ1) is 10.3. The van der Waals surface area contributed by atoms with Crippen LogP contribution in [0.25, 0.3) is 0 Å². The first-order valence-electron chi connectivity index (χ1n) is 4.93. The minimum absolute atomic E-state index is 0.256. The molecule has 1 aromatic rings. The molecule has 0 heterocycles. The highest BCUT2D eigenvalue weighted by Gasteiger charge is 2.16. The van der Waals surface area contributed by atoms with Crippen molar-refractivity contribution < 1.29 is 0 Å². The second-order valence-corrected chi connectivity index (χ2v) is 4.51. The monoisotopic (exact) mass is 175 g/mol. The Kier molecular flexibility index (Phi) is 3.13. The van der Waals surface area contributed by atoms with Crippen molar-refractivity contribution in [3.8, 4) is 0 Å². The van der Waals surface area contributed by atoms with Gasteiger partial charge in [0.05, 0.1) is 0 Å². The van der Waals surface area contributed by atoms with Crippen LogP contribution in [0.2, 0.25) is 0 Å². The Hall–Kier alpha value is -0.780. The molecule has 13 heavy (non-hydrogen) atoms. The lowest BCUT2D eigenvalue weighted by atomic mass is 9.83. The molecular weight excluding hydrogens is 156 g/mol. The number of hydrogen-bond donors (Lipinski definition) is 0. The maximum Gasteiger partial charge on any atom is -0.0129 e. The minimum atomic E-state index is 0.256. The van der Waals surface area contributed by atoms with Crippen molar-refractivity contribution in [2.24, 2.45) is 0 Å². The van der Waals surface area contributed by atoms with Crippen LogP contribution in [0.3, 0.4) is 0 Å². The molecule has 0 spiro atoms. The van der Waals surface area contributed by atoms with E-state index in [1.807, 2.05) is 0 Å². The summed E-state index contributed by atoms with van der Waals surface area (Å²) in [5.74, 6) is 0. The topological polar surface area (TPSA) is 0 Å². The predicted molar refractivity (Wildman–Crippen MR) is 58.8 cm³/mol. The Morgan fingerprint density at radius 2 is 1.77 bits per heavy atom. The molecule has 0 nitrogen and oxygen atoms in total. The zero-order valence-electron chi connectivity index (χ0n) is 8.93. The van der Waals surface area contributed by atoms with Gasteiger partial charge >= 0.3 is 0 Å². The summed E-state index contributed by atoms with van der Waals surface area (Å²) in [4.78, 5) is 0. The fourth-order valence-corrected chi connectivity index (χ4v) is 1.66. The van der Waals surface area contributed by atoms with Gasteiger partial charge in [0, 0.05) is 0 Å². The summed E-state index contributed by atoms with van der Waals surface area (Å²) in [6.07, 6.45) is 2.07. The van der Waals surface area contributed by atoms with Gasteiger partial charge in [-0.15, -0.1) is 0 Å². The maximum absolute atomic E-state index is 3.90. The van der Waals surface area contributed by atoms with Gasteiger partial charge in [0.25, 0.3) is 0 Å². The van der Waals surface area contributed by atoms with Gasteiger partial charge < -0.3 is 0 Å². The van der Waals surface area contributed by atoms with E-state index < -0.39 is 0 Å². The highest BCUT2D eigenvalue weighted by molar-refractivity contribution is 5.32. The molecule has 0 fully saturated rings. The smallest absolute Gasteiger partial charge is 0.0129 e. The Labute approximate surface area is 82.0 Å². The summed E-state index contributed by atoms with van der Waals surface area (Å²) in [5, 5.41) is 0. The quantitative estimate of drug-likeness (QED) is 0.642. The highest BCUT2D eigenvalue weighted by Crippen LogP contribution is 2.26. The summed E-state index contributed by atoms with van der Waals surface area (Å²) in [6, 6.07) is 8.67. The lowest BCUT2D eigenvalue weighted by Gasteiger charge is -2.22. The third kappa shape index (κ3) is 2.58. The molecule has 0 N–H and O–H groups in total. The molecule has 1 radical (unpaired) electrons. The third-order valence-electron chi connectivity index (χ3n) is 2.27. The molecule has 0 heteroatoms. The summed E-state index contributed by atoms with van der Waals surface area (Å²) in [7, 11) is 0. The molecule has 71 valence electrons. The van der Waals surface area contributed by atoms with E-state index in [1.165, 1.54) is 11.1 Å². The fraction of sp³-hybridized carbons (Fsp3) is 0.462. The van der Waals surface area contributed by atoms with Gasteiger partial charge in [0.2, 0.25) is 0 Å². The van der Waals surface area contributed by atoms with Crippen molar-refractivity contribution in [3.63, 3.8) is 0 Å². The van der Waals surface area contributed by atoms with Crippen LogP contribution >= 0.6 is 0 Å². The number of hydrogen-bond acceptors (Lipinski definition) is 0.